The standard InChI is InChI=1S/C23H21N3O5S2/c1-25(2)33(30,31)17-9-7-16(8-10-17)21(27)19-20(18-6-4-12-32-18)26(23(29)22(19)28)14-15-5-3-11-24-13-15/h3-13,20,27H,14H2,1-2H3/b21-19+/t20-/m1/s1. The Hall–Kier alpha value is -3.34. The molecule has 4 rings (SSSR count). The van der Waals surface area contributed by atoms with Crippen LogP contribution >= 0.6 is 11.3 Å². The third-order valence-electron chi connectivity index (χ3n) is 5.33. The summed E-state index contributed by atoms with van der Waals surface area (Å²) in [4.78, 5) is 32.2. The van der Waals surface area contributed by atoms with Gasteiger partial charge in [-0.1, -0.05) is 12.1 Å². The fraction of sp³-hybridized carbons (Fsp3) is 0.174. The summed E-state index contributed by atoms with van der Waals surface area (Å²) in [6.07, 6.45) is 3.24. The number of pyridine rings is 1. The maximum atomic E-state index is 13.0. The molecule has 10 heteroatoms. The van der Waals surface area contributed by atoms with Gasteiger partial charge in [0.25, 0.3) is 11.7 Å². The molecule has 3 aromatic rings. The molecule has 1 amide bonds. The lowest BCUT2D eigenvalue weighted by Crippen LogP contribution is -2.28. The van der Waals surface area contributed by atoms with E-state index >= 15 is 0 Å². The van der Waals surface area contributed by atoms with E-state index in [9.17, 15) is 23.1 Å². The predicted molar refractivity (Wildman–Crippen MR) is 124 cm³/mol. The summed E-state index contributed by atoms with van der Waals surface area (Å²) in [5, 5.41) is 12.9. The molecule has 170 valence electrons. The number of benzene rings is 1. The second-order valence-electron chi connectivity index (χ2n) is 7.62. The third kappa shape index (κ3) is 4.20. The van der Waals surface area contributed by atoms with Crippen molar-refractivity contribution in [2.24, 2.45) is 0 Å². The van der Waals surface area contributed by atoms with Gasteiger partial charge in [-0.25, -0.2) is 12.7 Å². The number of thiophene rings is 1. The SMILES string of the molecule is CN(C)S(=O)(=O)c1ccc(/C(O)=C2\C(=O)C(=O)N(Cc3cccnc3)[C@@H]2c2cccs2)cc1. The number of hydrogen-bond acceptors (Lipinski definition) is 7. The van der Waals surface area contributed by atoms with Gasteiger partial charge in [0, 0.05) is 43.5 Å². The first-order chi connectivity index (χ1) is 15.7. The normalized spacial score (nSPS) is 18.3. The number of carbonyl (C=O) groups is 2. The van der Waals surface area contributed by atoms with Crippen LogP contribution in [0.4, 0.5) is 0 Å². The Balaban J connectivity index is 1.79. The van der Waals surface area contributed by atoms with E-state index in [-0.39, 0.29) is 28.3 Å². The van der Waals surface area contributed by atoms with Crippen molar-refractivity contribution in [1.82, 2.24) is 14.2 Å². The molecule has 0 spiro atoms. The first-order valence-electron chi connectivity index (χ1n) is 9.95. The molecule has 0 bridgehead atoms. The Kier molecular flexibility index (Phi) is 6.15. The Labute approximate surface area is 195 Å². The van der Waals surface area contributed by atoms with Crippen molar-refractivity contribution in [1.29, 1.82) is 0 Å². The zero-order valence-corrected chi connectivity index (χ0v) is 19.5. The average molecular weight is 484 g/mol. The third-order valence-corrected chi connectivity index (χ3v) is 8.09. The monoisotopic (exact) mass is 483 g/mol. The molecule has 0 aliphatic carbocycles. The van der Waals surface area contributed by atoms with Crippen LogP contribution in [0.5, 0.6) is 0 Å². The molecule has 1 saturated heterocycles. The summed E-state index contributed by atoms with van der Waals surface area (Å²) >= 11 is 1.37. The van der Waals surface area contributed by atoms with Crippen LogP contribution in [-0.4, -0.2) is 53.5 Å². The number of rotatable bonds is 6. The van der Waals surface area contributed by atoms with Crippen LogP contribution in [-0.2, 0) is 26.2 Å². The highest BCUT2D eigenvalue weighted by Crippen LogP contribution is 2.41. The molecular weight excluding hydrogens is 462 g/mol. The van der Waals surface area contributed by atoms with Gasteiger partial charge in [0.15, 0.2) is 0 Å². The van der Waals surface area contributed by atoms with Gasteiger partial charge >= 0.3 is 0 Å². The second-order valence-corrected chi connectivity index (χ2v) is 10.7. The van der Waals surface area contributed by atoms with Crippen LogP contribution < -0.4 is 0 Å². The van der Waals surface area contributed by atoms with Crippen molar-refractivity contribution in [3.05, 3.63) is 87.9 Å². The summed E-state index contributed by atoms with van der Waals surface area (Å²) < 4.78 is 25.7. The topological polar surface area (TPSA) is 108 Å². The van der Waals surface area contributed by atoms with E-state index in [1.54, 1.807) is 24.5 Å². The van der Waals surface area contributed by atoms with Crippen LogP contribution in [0, 0.1) is 0 Å². The highest BCUT2D eigenvalue weighted by molar-refractivity contribution is 7.89. The van der Waals surface area contributed by atoms with Gasteiger partial charge < -0.3 is 10.0 Å². The van der Waals surface area contributed by atoms with Gasteiger partial charge in [-0.05, 0) is 47.3 Å². The zero-order chi connectivity index (χ0) is 23.8. The minimum atomic E-state index is -3.65. The van der Waals surface area contributed by atoms with Crippen molar-refractivity contribution in [3.8, 4) is 0 Å². The average Bonchev–Trinajstić information content (AvgIpc) is 3.42. The summed E-state index contributed by atoms with van der Waals surface area (Å²) in [7, 11) is -0.796. The highest BCUT2D eigenvalue weighted by Gasteiger charge is 2.46. The van der Waals surface area contributed by atoms with Gasteiger partial charge in [0.2, 0.25) is 10.0 Å². The maximum Gasteiger partial charge on any atom is 0.295 e. The van der Waals surface area contributed by atoms with Gasteiger partial charge in [0.05, 0.1) is 16.5 Å². The van der Waals surface area contributed by atoms with Crippen LogP contribution in [0.2, 0.25) is 0 Å². The molecule has 1 aromatic carbocycles. The maximum absolute atomic E-state index is 13.0. The number of aromatic nitrogens is 1. The van der Waals surface area contributed by atoms with Crippen molar-refractivity contribution < 1.29 is 23.1 Å². The molecule has 0 radical (unpaired) electrons. The van der Waals surface area contributed by atoms with E-state index in [0.29, 0.717) is 0 Å². The minimum absolute atomic E-state index is 0.0328. The number of likely N-dealkylation sites (tertiary alicyclic amines) is 1. The lowest BCUT2D eigenvalue weighted by atomic mass is 10.00. The van der Waals surface area contributed by atoms with Crippen LogP contribution in [0.15, 0.2) is 76.8 Å². The molecule has 1 fully saturated rings. The van der Waals surface area contributed by atoms with E-state index < -0.39 is 27.8 Å². The van der Waals surface area contributed by atoms with Crippen LogP contribution in [0.1, 0.15) is 22.0 Å². The summed E-state index contributed by atoms with van der Waals surface area (Å²) in [6.45, 7) is 0.151. The number of aliphatic hydroxyl groups is 1. The van der Waals surface area contributed by atoms with Gasteiger partial charge in [-0.15, -0.1) is 11.3 Å². The Morgan fingerprint density at radius 2 is 1.85 bits per heavy atom. The van der Waals surface area contributed by atoms with Gasteiger partial charge in [-0.3, -0.25) is 14.6 Å². The van der Waals surface area contributed by atoms with Crippen LogP contribution in [0.25, 0.3) is 5.76 Å². The summed E-state index contributed by atoms with van der Waals surface area (Å²) in [5.41, 5.74) is 0.961. The lowest BCUT2D eigenvalue weighted by Gasteiger charge is -2.24. The van der Waals surface area contributed by atoms with E-state index in [2.05, 4.69) is 4.98 Å². The lowest BCUT2D eigenvalue weighted by molar-refractivity contribution is -0.140. The molecule has 1 aliphatic heterocycles. The second kappa shape index (κ2) is 8.89. The predicted octanol–water partition coefficient (Wildman–Crippen LogP) is 3.02. The molecule has 1 aliphatic rings. The molecule has 3 heterocycles. The first-order valence-corrected chi connectivity index (χ1v) is 12.3. The Bertz CT molecular complexity index is 1320. The molecule has 0 saturated carbocycles. The Morgan fingerprint density at radius 3 is 2.42 bits per heavy atom. The van der Waals surface area contributed by atoms with E-state index in [0.717, 1.165) is 14.7 Å². The Morgan fingerprint density at radius 1 is 1.12 bits per heavy atom. The van der Waals surface area contributed by atoms with Gasteiger partial charge in [-0.2, -0.15) is 0 Å². The molecule has 8 nitrogen and oxygen atoms in total. The summed E-state index contributed by atoms with van der Waals surface area (Å²) in [5.74, 6) is -1.86. The number of sulfonamides is 1. The fourth-order valence-electron chi connectivity index (χ4n) is 3.63. The summed E-state index contributed by atoms with van der Waals surface area (Å²) in [6, 6.07) is 12.0. The van der Waals surface area contributed by atoms with Crippen molar-refractivity contribution in [2.75, 3.05) is 14.1 Å². The number of ketones is 1. The first kappa shape index (κ1) is 22.8. The number of hydrogen-bond donors (Lipinski definition) is 1. The largest absolute Gasteiger partial charge is 0.507 e. The van der Waals surface area contributed by atoms with E-state index in [1.807, 2.05) is 17.5 Å². The molecule has 0 unspecified atom stereocenters. The zero-order valence-electron chi connectivity index (χ0n) is 17.9. The fourth-order valence-corrected chi connectivity index (χ4v) is 5.37. The van der Waals surface area contributed by atoms with Gasteiger partial charge in [0.1, 0.15) is 5.76 Å². The van der Waals surface area contributed by atoms with Crippen molar-refractivity contribution in [3.63, 3.8) is 0 Å². The van der Waals surface area contributed by atoms with Crippen molar-refractivity contribution >= 4 is 38.8 Å². The van der Waals surface area contributed by atoms with Crippen molar-refractivity contribution in [2.45, 2.75) is 17.5 Å². The number of Topliss-reactive ketones (excluding diaryl/α,β-unsaturated/α-hetero) is 1. The number of aliphatic hydroxyl groups excluding tert-OH is 1. The van der Waals surface area contributed by atoms with Crippen LogP contribution in [0.3, 0.4) is 0 Å². The molecule has 33 heavy (non-hydrogen) atoms. The van der Waals surface area contributed by atoms with E-state index in [4.69, 9.17) is 0 Å². The molecule has 2 aromatic heterocycles. The molecular formula is C23H21N3O5S2. The van der Waals surface area contributed by atoms with E-state index in [1.165, 1.54) is 54.6 Å². The number of carbonyl (C=O) groups excluding carboxylic acids is 2. The number of nitrogens with zero attached hydrogens (tertiary/aromatic N) is 3. The minimum Gasteiger partial charge on any atom is -0.507 e. The quantitative estimate of drug-likeness (QED) is 0.328. The molecule has 1 N–H and O–H groups in total. The number of amides is 1. The molecule has 1 atom stereocenters. The smallest absolute Gasteiger partial charge is 0.295 e. The highest BCUT2D eigenvalue weighted by atomic mass is 32.2.